The minimum Gasteiger partial charge on any atom is -0.411 e. The predicted octanol–water partition coefficient (Wildman–Crippen LogP) is 2.73. The molecule has 2 aromatic rings. The summed E-state index contributed by atoms with van der Waals surface area (Å²) in [7, 11) is 0. The summed E-state index contributed by atoms with van der Waals surface area (Å²) in [6.45, 7) is 2.00. The summed E-state index contributed by atoms with van der Waals surface area (Å²) in [4.78, 5) is 10.2. The highest BCUT2D eigenvalue weighted by Gasteiger charge is 2.10. The van der Waals surface area contributed by atoms with Crippen LogP contribution < -0.4 is 0 Å². The molecule has 0 saturated carbocycles. The Bertz CT molecular complexity index is 511. The fourth-order valence-electron chi connectivity index (χ4n) is 1.38. The second-order valence-corrected chi connectivity index (χ2v) is 4.54. The number of thioether (sulfide) groups is 1. The molecule has 0 bridgehead atoms. The van der Waals surface area contributed by atoms with Gasteiger partial charge in [0.15, 0.2) is 0 Å². The van der Waals surface area contributed by atoms with Crippen molar-refractivity contribution in [2.45, 2.75) is 18.6 Å². The number of hydrogen-bond acceptors (Lipinski definition) is 5. The average molecular weight is 248 g/mol. The monoisotopic (exact) mass is 248 g/mol. The first-order valence-electron chi connectivity index (χ1n) is 5.27. The highest BCUT2D eigenvalue weighted by atomic mass is 32.2. The highest BCUT2D eigenvalue weighted by molar-refractivity contribution is 7.99. The first-order valence-corrected chi connectivity index (χ1v) is 6.26. The van der Waals surface area contributed by atoms with Crippen molar-refractivity contribution in [1.29, 1.82) is 0 Å². The molecule has 1 heterocycles. The first-order chi connectivity index (χ1) is 8.31. The minimum atomic E-state index is 0.493. The van der Waals surface area contributed by atoms with E-state index in [9.17, 15) is 4.79 Å². The second kappa shape index (κ2) is 5.63. The van der Waals surface area contributed by atoms with Gasteiger partial charge in [-0.25, -0.2) is 0 Å². The molecule has 0 saturated heterocycles. The molecule has 0 N–H and O–H groups in total. The SMILES string of the molecule is Cc1ccccc1-c1nnc(SCCC=O)o1. The molecule has 1 aromatic carbocycles. The standard InChI is InChI=1S/C12H12N2O2S/c1-9-5-2-3-6-10(9)11-13-14-12(16-11)17-8-4-7-15/h2-3,5-7H,4,8H2,1H3. The molecular formula is C12H12N2O2S. The van der Waals surface area contributed by atoms with Crippen molar-refractivity contribution in [3.05, 3.63) is 29.8 Å². The Hall–Kier alpha value is -1.62. The Balaban J connectivity index is 2.13. The summed E-state index contributed by atoms with van der Waals surface area (Å²) < 4.78 is 5.52. The van der Waals surface area contributed by atoms with Gasteiger partial charge < -0.3 is 9.21 Å². The third-order valence-electron chi connectivity index (χ3n) is 2.24. The molecule has 0 aliphatic heterocycles. The predicted molar refractivity (Wildman–Crippen MR) is 65.9 cm³/mol. The molecule has 0 unspecified atom stereocenters. The van der Waals surface area contributed by atoms with Crippen LogP contribution in [0.2, 0.25) is 0 Å². The molecule has 88 valence electrons. The molecule has 0 fully saturated rings. The number of nitrogens with zero attached hydrogens (tertiary/aromatic N) is 2. The molecule has 0 spiro atoms. The van der Waals surface area contributed by atoms with E-state index in [0.29, 0.717) is 23.3 Å². The summed E-state index contributed by atoms with van der Waals surface area (Å²) in [5, 5.41) is 8.44. The molecule has 0 radical (unpaired) electrons. The molecule has 0 amide bonds. The molecule has 0 aliphatic rings. The van der Waals surface area contributed by atoms with Gasteiger partial charge >= 0.3 is 0 Å². The third kappa shape index (κ3) is 2.94. The van der Waals surface area contributed by atoms with Crippen LogP contribution in [0.15, 0.2) is 33.9 Å². The summed E-state index contributed by atoms with van der Waals surface area (Å²) in [5.41, 5.74) is 2.04. The summed E-state index contributed by atoms with van der Waals surface area (Å²) in [6, 6.07) is 7.85. The van der Waals surface area contributed by atoms with Crippen molar-refractivity contribution in [1.82, 2.24) is 10.2 Å². The Morgan fingerprint density at radius 3 is 2.94 bits per heavy atom. The van der Waals surface area contributed by atoms with Crippen LogP contribution in [0.5, 0.6) is 0 Å². The van der Waals surface area contributed by atoms with Gasteiger partial charge in [-0.05, 0) is 18.6 Å². The molecule has 4 nitrogen and oxygen atoms in total. The van der Waals surface area contributed by atoms with Crippen LogP contribution in [0.1, 0.15) is 12.0 Å². The van der Waals surface area contributed by atoms with Gasteiger partial charge in [-0.1, -0.05) is 30.0 Å². The first kappa shape index (κ1) is 11.9. The lowest BCUT2D eigenvalue weighted by Gasteiger charge is -1.98. The lowest BCUT2D eigenvalue weighted by atomic mass is 10.1. The number of carbonyl (C=O) groups is 1. The Morgan fingerprint density at radius 2 is 2.18 bits per heavy atom. The molecule has 1 aromatic heterocycles. The quantitative estimate of drug-likeness (QED) is 0.462. The minimum absolute atomic E-state index is 0.493. The zero-order valence-electron chi connectivity index (χ0n) is 9.42. The van der Waals surface area contributed by atoms with Crippen molar-refractivity contribution in [2.24, 2.45) is 0 Å². The number of hydrogen-bond donors (Lipinski definition) is 0. The number of carbonyl (C=O) groups excluding carboxylic acids is 1. The van der Waals surface area contributed by atoms with E-state index in [2.05, 4.69) is 10.2 Å². The fourth-order valence-corrected chi connectivity index (χ4v) is 2.01. The van der Waals surface area contributed by atoms with E-state index < -0.39 is 0 Å². The molecule has 5 heteroatoms. The third-order valence-corrected chi connectivity index (χ3v) is 3.09. The highest BCUT2D eigenvalue weighted by Crippen LogP contribution is 2.25. The topological polar surface area (TPSA) is 56.0 Å². The van der Waals surface area contributed by atoms with Crippen molar-refractivity contribution in [3.8, 4) is 11.5 Å². The van der Waals surface area contributed by atoms with Crippen molar-refractivity contribution < 1.29 is 9.21 Å². The molecule has 17 heavy (non-hydrogen) atoms. The number of aryl methyl sites for hydroxylation is 1. The Morgan fingerprint density at radius 1 is 1.35 bits per heavy atom. The van der Waals surface area contributed by atoms with Crippen LogP contribution in [0.4, 0.5) is 0 Å². The van der Waals surface area contributed by atoms with E-state index in [0.717, 1.165) is 17.4 Å². The van der Waals surface area contributed by atoms with Gasteiger partial charge in [0.25, 0.3) is 5.22 Å². The number of benzene rings is 1. The van der Waals surface area contributed by atoms with Gasteiger partial charge in [0, 0.05) is 17.7 Å². The number of rotatable bonds is 5. The van der Waals surface area contributed by atoms with Gasteiger partial charge in [0.1, 0.15) is 6.29 Å². The molecular weight excluding hydrogens is 236 g/mol. The number of aldehydes is 1. The van der Waals surface area contributed by atoms with Crippen LogP contribution >= 0.6 is 11.8 Å². The largest absolute Gasteiger partial charge is 0.411 e. The summed E-state index contributed by atoms with van der Waals surface area (Å²) >= 11 is 1.39. The van der Waals surface area contributed by atoms with Crippen LogP contribution in [0.3, 0.4) is 0 Å². The number of aromatic nitrogens is 2. The van der Waals surface area contributed by atoms with E-state index in [4.69, 9.17) is 4.42 Å². The molecule has 0 atom stereocenters. The van der Waals surface area contributed by atoms with E-state index in [1.54, 1.807) is 0 Å². The summed E-state index contributed by atoms with van der Waals surface area (Å²) in [6.07, 6.45) is 1.37. The van der Waals surface area contributed by atoms with Gasteiger partial charge in [-0.15, -0.1) is 10.2 Å². The maximum Gasteiger partial charge on any atom is 0.276 e. The van der Waals surface area contributed by atoms with E-state index in [-0.39, 0.29) is 0 Å². The van der Waals surface area contributed by atoms with E-state index in [1.807, 2.05) is 31.2 Å². The van der Waals surface area contributed by atoms with Gasteiger partial charge in [-0.2, -0.15) is 0 Å². The summed E-state index contributed by atoms with van der Waals surface area (Å²) in [5.74, 6) is 1.19. The van der Waals surface area contributed by atoms with Crippen molar-refractivity contribution in [2.75, 3.05) is 5.75 Å². The maximum absolute atomic E-state index is 10.2. The fraction of sp³-hybridized carbons (Fsp3) is 0.250. The van der Waals surface area contributed by atoms with Crippen LogP contribution in [-0.2, 0) is 4.79 Å². The average Bonchev–Trinajstić information content (AvgIpc) is 2.79. The van der Waals surface area contributed by atoms with Gasteiger partial charge in [-0.3, -0.25) is 0 Å². The van der Waals surface area contributed by atoms with Gasteiger partial charge in [0.2, 0.25) is 5.89 Å². The zero-order valence-corrected chi connectivity index (χ0v) is 10.2. The Labute approximate surface area is 103 Å². The molecule has 2 rings (SSSR count). The van der Waals surface area contributed by atoms with E-state index in [1.165, 1.54) is 11.8 Å². The van der Waals surface area contributed by atoms with Crippen molar-refractivity contribution >= 4 is 18.0 Å². The van der Waals surface area contributed by atoms with Crippen LogP contribution in [0.25, 0.3) is 11.5 Å². The van der Waals surface area contributed by atoms with Crippen LogP contribution in [0, 0.1) is 6.92 Å². The van der Waals surface area contributed by atoms with Gasteiger partial charge in [0.05, 0.1) is 0 Å². The smallest absolute Gasteiger partial charge is 0.276 e. The lowest BCUT2D eigenvalue weighted by molar-refractivity contribution is -0.107. The zero-order chi connectivity index (χ0) is 12.1. The van der Waals surface area contributed by atoms with Crippen molar-refractivity contribution in [3.63, 3.8) is 0 Å². The normalized spacial score (nSPS) is 10.4. The lowest BCUT2D eigenvalue weighted by Crippen LogP contribution is -1.81. The molecule has 0 aliphatic carbocycles. The van der Waals surface area contributed by atoms with Crippen LogP contribution in [-0.4, -0.2) is 22.2 Å². The maximum atomic E-state index is 10.2. The Kier molecular flexibility index (Phi) is 3.93. The van der Waals surface area contributed by atoms with E-state index >= 15 is 0 Å². The second-order valence-electron chi connectivity index (χ2n) is 3.49.